The number of aliphatic hydroxyl groups excluding tert-OH is 11. The maximum atomic E-state index is 13.3. The quantitative estimate of drug-likeness (QED) is 0.0304. The van der Waals surface area contributed by atoms with Gasteiger partial charge in [-0.3, -0.25) is 4.79 Å². The van der Waals surface area contributed by atoms with Gasteiger partial charge in [0.05, 0.1) is 38.6 Å². The van der Waals surface area contributed by atoms with Gasteiger partial charge in [0.15, 0.2) is 18.9 Å². The molecule has 0 aromatic carbocycles. The molecule has 0 aliphatic carbocycles. The van der Waals surface area contributed by atoms with E-state index in [1.165, 1.54) is 83.5 Å². The van der Waals surface area contributed by atoms with E-state index in [1.54, 1.807) is 0 Å². The molecule has 19 heteroatoms. The largest absolute Gasteiger partial charge is 0.394 e. The molecule has 3 aliphatic heterocycles. The third-order valence-corrected chi connectivity index (χ3v) is 14.5. The van der Waals surface area contributed by atoms with Crippen molar-refractivity contribution in [3.63, 3.8) is 0 Å². The maximum Gasteiger partial charge on any atom is 0.220 e. The van der Waals surface area contributed by atoms with Gasteiger partial charge in [0.1, 0.15) is 73.2 Å². The first-order valence-electron chi connectivity index (χ1n) is 28.6. The van der Waals surface area contributed by atoms with Gasteiger partial charge >= 0.3 is 0 Å². The van der Waals surface area contributed by atoms with Crippen molar-refractivity contribution in [3.05, 3.63) is 24.3 Å². The predicted octanol–water partition coefficient (Wildman–Crippen LogP) is 3.98. The number of aliphatic hydroxyl groups is 11. The highest BCUT2D eigenvalue weighted by atomic mass is 16.8. The smallest absolute Gasteiger partial charge is 0.220 e. The monoisotopic (exact) mass is 1060 g/mol. The van der Waals surface area contributed by atoms with Crippen LogP contribution in [0.15, 0.2) is 24.3 Å². The molecule has 3 fully saturated rings. The molecule has 0 spiro atoms. The lowest BCUT2D eigenvalue weighted by Gasteiger charge is -2.48. The fraction of sp³-hybridized carbons (Fsp3) is 0.909. The summed E-state index contributed by atoms with van der Waals surface area (Å²) in [4.78, 5) is 13.3. The Morgan fingerprint density at radius 2 is 0.892 bits per heavy atom. The van der Waals surface area contributed by atoms with Crippen LogP contribution in [0.25, 0.3) is 0 Å². The zero-order chi connectivity index (χ0) is 54.1. The van der Waals surface area contributed by atoms with Gasteiger partial charge in [0.25, 0.3) is 0 Å². The molecular formula is C55H101NO18. The zero-order valence-electron chi connectivity index (χ0n) is 44.8. The number of carbonyl (C=O) groups excluding carboxylic acids is 1. The molecule has 434 valence electrons. The molecule has 74 heavy (non-hydrogen) atoms. The number of allylic oxidation sites excluding steroid dienone is 4. The molecule has 17 unspecified atom stereocenters. The van der Waals surface area contributed by atoms with E-state index in [0.29, 0.717) is 12.8 Å². The van der Waals surface area contributed by atoms with Crippen LogP contribution in [-0.4, -0.2) is 193 Å². The second-order valence-corrected chi connectivity index (χ2v) is 20.8. The number of rotatable bonds is 41. The zero-order valence-corrected chi connectivity index (χ0v) is 44.8. The number of unbranched alkanes of at least 4 members (excludes halogenated alkanes) is 21. The molecule has 3 aliphatic rings. The van der Waals surface area contributed by atoms with Crippen molar-refractivity contribution in [2.75, 3.05) is 26.4 Å². The van der Waals surface area contributed by atoms with Crippen molar-refractivity contribution >= 4 is 5.91 Å². The Labute approximate surface area is 441 Å². The van der Waals surface area contributed by atoms with E-state index in [4.69, 9.17) is 28.4 Å². The van der Waals surface area contributed by atoms with Crippen LogP contribution in [0.3, 0.4) is 0 Å². The SMILES string of the molecule is CCCCC/C=C\C/C=C\CCCCCCCC(=O)NC(COC1OC(CO)C(OC2OC(CO)C(OC3OC(CO)C(O)C(O)C3O)C(O)C2O)C(O)C1O)C(O)CCCCCCCCCCCCCCCC. The predicted molar refractivity (Wildman–Crippen MR) is 277 cm³/mol. The van der Waals surface area contributed by atoms with Crippen molar-refractivity contribution in [1.29, 1.82) is 0 Å². The van der Waals surface area contributed by atoms with Crippen molar-refractivity contribution in [1.82, 2.24) is 5.32 Å². The van der Waals surface area contributed by atoms with Crippen LogP contribution in [0, 0.1) is 0 Å². The molecule has 0 aromatic rings. The van der Waals surface area contributed by atoms with Crippen molar-refractivity contribution in [3.8, 4) is 0 Å². The molecular weight excluding hydrogens is 963 g/mol. The Hall–Kier alpha value is -1.73. The van der Waals surface area contributed by atoms with Crippen LogP contribution in [0.1, 0.15) is 187 Å². The van der Waals surface area contributed by atoms with Crippen molar-refractivity contribution in [2.24, 2.45) is 0 Å². The van der Waals surface area contributed by atoms with E-state index in [9.17, 15) is 61.0 Å². The van der Waals surface area contributed by atoms with E-state index in [1.807, 2.05) is 0 Å². The van der Waals surface area contributed by atoms with Gasteiger partial charge < -0.3 is 89.9 Å². The summed E-state index contributed by atoms with van der Waals surface area (Å²) in [5.74, 6) is -0.258. The number of carbonyl (C=O) groups is 1. The van der Waals surface area contributed by atoms with Crippen LogP contribution in [0.5, 0.6) is 0 Å². The van der Waals surface area contributed by atoms with Gasteiger partial charge in [-0.25, -0.2) is 0 Å². The van der Waals surface area contributed by atoms with Crippen LogP contribution in [0.4, 0.5) is 0 Å². The first-order chi connectivity index (χ1) is 35.8. The third-order valence-electron chi connectivity index (χ3n) is 14.5. The molecule has 3 heterocycles. The summed E-state index contributed by atoms with van der Waals surface area (Å²) < 4.78 is 34.2. The standard InChI is InChI=1S/C55H101NO18/c1-3-5-7-9-11-13-15-17-19-21-23-25-27-29-31-33-43(61)56-38(39(60)32-30-28-26-24-22-20-18-16-14-12-10-8-6-4-2)37-69-53-49(67)46(64)51(41(35-58)71-53)74-55-50(68)47(65)52(42(36-59)72-55)73-54-48(66)45(63)44(62)40(34-57)70-54/h11,13,17,19,38-42,44-55,57-60,62-68H,3-10,12,14-16,18,20-37H2,1-2H3,(H,56,61)/b13-11-,19-17-. The second-order valence-electron chi connectivity index (χ2n) is 20.8. The number of ether oxygens (including phenoxy) is 6. The summed E-state index contributed by atoms with van der Waals surface area (Å²) in [7, 11) is 0. The number of hydrogen-bond acceptors (Lipinski definition) is 18. The highest BCUT2D eigenvalue weighted by Gasteiger charge is 2.53. The summed E-state index contributed by atoms with van der Waals surface area (Å²) in [5, 5.41) is 120. The lowest BCUT2D eigenvalue weighted by molar-refractivity contribution is -0.379. The first kappa shape index (κ1) is 66.5. The molecule has 17 atom stereocenters. The Morgan fingerprint density at radius 3 is 1.41 bits per heavy atom. The molecule has 19 nitrogen and oxygen atoms in total. The van der Waals surface area contributed by atoms with Crippen molar-refractivity contribution in [2.45, 2.75) is 291 Å². The van der Waals surface area contributed by atoms with Gasteiger partial charge in [-0.1, -0.05) is 160 Å². The van der Waals surface area contributed by atoms with Gasteiger partial charge in [0.2, 0.25) is 5.91 Å². The van der Waals surface area contributed by atoms with Gasteiger partial charge in [0, 0.05) is 6.42 Å². The van der Waals surface area contributed by atoms with Crippen LogP contribution < -0.4 is 5.32 Å². The van der Waals surface area contributed by atoms with Crippen LogP contribution >= 0.6 is 0 Å². The Morgan fingerprint density at radius 1 is 0.486 bits per heavy atom. The van der Waals surface area contributed by atoms with Gasteiger partial charge in [-0.05, 0) is 44.9 Å². The van der Waals surface area contributed by atoms with E-state index < -0.39 is 124 Å². The number of amides is 1. The lowest BCUT2D eigenvalue weighted by atomic mass is 9.96. The molecule has 1 amide bonds. The maximum absolute atomic E-state index is 13.3. The topological polar surface area (TPSA) is 307 Å². The average Bonchev–Trinajstić information content (AvgIpc) is 3.40. The summed E-state index contributed by atoms with van der Waals surface area (Å²) in [6, 6.07) is -0.891. The fourth-order valence-electron chi connectivity index (χ4n) is 9.75. The molecule has 0 radical (unpaired) electrons. The normalized spacial score (nSPS) is 31.6. The molecule has 3 saturated heterocycles. The molecule has 0 saturated carbocycles. The lowest BCUT2D eigenvalue weighted by Crippen LogP contribution is -2.66. The highest BCUT2D eigenvalue weighted by molar-refractivity contribution is 5.76. The Kier molecular flexibility index (Phi) is 35.6. The summed E-state index contributed by atoms with van der Waals surface area (Å²) in [6.07, 6.45) is 11.2. The Balaban J connectivity index is 1.53. The third kappa shape index (κ3) is 24.1. The minimum atomic E-state index is -1.97. The molecule has 3 rings (SSSR count). The van der Waals surface area contributed by atoms with E-state index in [0.717, 1.165) is 70.6 Å². The molecule has 0 bridgehead atoms. The summed E-state index contributed by atoms with van der Waals surface area (Å²) in [6.45, 7) is 1.73. The molecule has 12 N–H and O–H groups in total. The average molecular weight is 1060 g/mol. The van der Waals surface area contributed by atoms with E-state index >= 15 is 0 Å². The second kappa shape index (κ2) is 39.6. The minimum absolute atomic E-state index is 0.251. The van der Waals surface area contributed by atoms with Crippen LogP contribution in [-0.2, 0) is 33.2 Å². The number of hydrogen-bond donors (Lipinski definition) is 12. The van der Waals surface area contributed by atoms with Gasteiger partial charge in [-0.15, -0.1) is 0 Å². The first-order valence-corrected chi connectivity index (χ1v) is 28.6. The Bertz CT molecular complexity index is 1460. The summed E-state index contributed by atoms with van der Waals surface area (Å²) >= 11 is 0. The number of nitrogens with one attached hydrogen (secondary N) is 1. The highest BCUT2D eigenvalue weighted by Crippen LogP contribution is 2.33. The van der Waals surface area contributed by atoms with Crippen LogP contribution in [0.2, 0.25) is 0 Å². The summed E-state index contributed by atoms with van der Waals surface area (Å²) in [5.41, 5.74) is 0. The van der Waals surface area contributed by atoms with Gasteiger partial charge in [-0.2, -0.15) is 0 Å². The van der Waals surface area contributed by atoms with E-state index in [-0.39, 0.29) is 18.9 Å². The van der Waals surface area contributed by atoms with Crippen molar-refractivity contribution < 1.29 is 89.4 Å². The fourth-order valence-corrected chi connectivity index (χ4v) is 9.75. The minimum Gasteiger partial charge on any atom is -0.394 e. The molecule has 0 aromatic heterocycles. The van der Waals surface area contributed by atoms with E-state index in [2.05, 4.69) is 43.5 Å².